The summed E-state index contributed by atoms with van der Waals surface area (Å²) in [6.07, 6.45) is 1.75. The summed E-state index contributed by atoms with van der Waals surface area (Å²) in [5.41, 5.74) is 4.47. The first-order valence-electron chi connectivity index (χ1n) is 17.2. The Morgan fingerprint density at radius 2 is 0.943 bits per heavy atom. The van der Waals surface area contributed by atoms with Crippen LogP contribution in [0.3, 0.4) is 0 Å². The van der Waals surface area contributed by atoms with Crippen molar-refractivity contribution in [3.63, 3.8) is 0 Å². The highest BCUT2D eigenvalue weighted by atomic mass is 32.2. The fourth-order valence-corrected chi connectivity index (χ4v) is 6.69. The molecule has 0 aliphatic carbocycles. The average Bonchev–Trinajstić information content (AvgIpc) is 3.21. The molecule has 7 aromatic rings. The van der Waals surface area contributed by atoms with E-state index < -0.39 is 10.9 Å². The second-order valence-electron chi connectivity index (χ2n) is 12.0. The van der Waals surface area contributed by atoms with E-state index >= 15 is 0 Å². The van der Waals surface area contributed by atoms with Gasteiger partial charge < -0.3 is 18.9 Å². The topological polar surface area (TPSA) is 54.0 Å². The highest BCUT2D eigenvalue weighted by Gasteiger charge is 2.46. The number of para-hydroxylation sites is 3. The Bertz CT molecular complexity index is 2260. The fourth-order valence-electron chi connectivity index (χ4n) is 5.72. The Kier molecular flexibility index (Phi) is 11.0. The van der Waals surface area contributed by atoms with Crippen molar-refractivity contribution in [2.45, 2.75) is 4.93 Å². The van der Waals surface area contributed by atoms with Crippen molar-refractivity contribution < 1.29 is 23.7 Å². The first-order chi connectivity index (χ1) is 26.1. The molecule has 7 rings (SSSR count). The van der Waals surface area contributed by atoms with Gasteiger partial charge in [-0.1, -0.05) is 133 Å². The van der Waals surface area contributed by atoms with E-state index in [0.717, 1.165) is 45.3 Å². The van der Waals surface area contributed by atoms with Crippen molar-refractivity contribution in [2.75, 3.05) is 5.75 Å². The number of hydrogen-bond acceptors (Lipinski definition) is 6. The van der Waals surface area contributed by atoms with Gasteiger partial charge in [0.15, 0.2) is 0 Å². The first-order valence-corrected chi connectivity index (χ1v) is 18.1. The van der Waals surface area contributed by atoms with Crippen molar-refractivity contribution in [1.29, 1.82) is 0 Å². The van der Waals surface area contributed by atoms with E-state index in [0.29, 0.717) is 22.8 Å². The van der Waals surface area contributed by atoms with Crippen LogP contribution in [0, 0.1) is 0 Å². The number of esters is 1. The highest BCUT2D eigenvalue weighted by Crippen LogP contribution is 2.42. The Balaban J connectivity index is 1.15. The summed E-state index contributed by atoms with van der Waals surface area (Å²) in [5.74, 6) is 3.77. The molecule has 1 atom stereocenters. The number of thioether (sulfide) groups is 1. The SMILES string of the molecule is C=CCSC(Oc1ccccc1)(C(=O)Oc1ccc(-c2cccc(Oc3ccccc3)c2)cc1)c1ccc(-c2cccc(Oc3ccccc3)c2)cc1. The lowest BCUT2D eigenvalue weighted by Gasteiger charge is -2.32. The van der Waals surface area contributed by atoms with Gasteiger partial charge in [-0.15, -0.1) is 6.58 Å². The molecule has 0 heterocycles. The van der Waals surface area contributed by atoms with Crippen LogP contribution in [0.2, 0.25) is 0 Å². The number of hydrogen-bond donors (Lipinski definition) is 0. The maximum atomic E-state index is 14.5. The summed E-state index contributed by atoms with van der Waals surface area (Å²) in [6.45, 7) is 3.92. The minimum atomic E-state index is -1.55. The predicted molar refractivity (Wildman–Crippen MR) is 214 cm³/mol. The number of carbonyl (C=O) groups excluding carboxylic acids is 1. The first kappa shape index (κ1) is 34.9. The summed E-state index contributed by atoms with van der Waals surface area (Å²) in [6, 6.07) is 59.6. The van der Waals surface area contributed by atoms with Crippen molar-refractivity contribution in [1.82, 2.24) is 0 Å². The van der Waals surface area contributed by atoms with Crippen LogP contribution in [0.15, 0.2) is 201 Å². The third-order valence-electron chi connectivity index (χ3n) is 8.30. The van der Waals surface area contributed by atoms with Gasteiger partial charge in [0, 0.05) is 11.3 Å². The summed E-state index contributed by atoms with van der Waals surface area (Å²) >= 11 is 1.30. The van der Waals surface area contributed by atoms with Gasteiger partial charge in [-0.2, -0.15) is 0 Å². The Labute approximate surface area is 314 Å². The van der Waals surface area contributed by atoms with Crippen LogP contribution in [0.1, 0.15) is 5.56 Å². The predicted octanol–water partition coefficient (Wildman–Crippen LogP) is 12.4. The van der Waals surface area contributed by atoms with Gasteiger partial charge in [0.2, 0.25) is 0 Å². The van der Waals surface area contributed by atoms with Gasteiger partial charge in [-0.05, 0) is 95.1 Å². The molecule has 0 aliphatic heterocycles. The van der Waals surface area contributed by atoms with Crippen molar-refractivity contribution in [3.8, 4) is 56.8 Å². The summed E-state index contributed by atoms with van der Waals surface area (Å²) in [7, 11) is 0. The zero-order chi connectivity index (χ0) is 36.3. The molecule has 6 heteroatoms. The Morgan fingerprint density at radius 1 is 0.491 bits per heavy atom. The quantitative estimate of drug-likeness (QED) is 0.0484. The maximum absolute atomic E-state index is 14.5. The van der Waals surface area contributed by atoms with E-state index in [-0.39, 0.29) is 0 Å². The van der Waals surface area contributed by atoms with Gasteiger partial charge in [0.25, 0.3) is 4.93 Å². The van der Waals surface area contributed by atoms with Crippen molar-refractivity contribution >= 4 is 17.7 Å². The fraction of sp³-hybridized carbons (Fsp3) is 0.0426. The smallest absolute Gasteiger partial charge is 0.371 e. The lowest BCUT2D eigenvalue weighted by atomic mass is 10.0. The molecule has 260 valence electrons. The molecule has 7 aromatic carbocycles. The van der Waals surface area contributed by atoms with Gasteiger partial charge in [0.05, 0.1) is 0 Å². The summed E-state index contributed by atoms with van der Waals surface area (Å²) < 4.78 is 24.9. The monoisotopic (exact) mass is 712 g/mol. The van der Waals surface area contributed by atoms with E-state index in [1.807, 2.05) is 176 Å². The largest absolute Gasteiger partial charge is 0.461 e. The van der Waals surface area contributed by atoms with E-state index in [2.05, 4.69) is 6.58 Å². The van der Waals surface area contributed by atoms with Crippen LogP contribution in [0.5, 0.6) is 34.5 Å². The van der Waals surface area contributed by atoms with E-state index in [9.17, 15) is 4.79 Å². The minimum absolute atomic E-state index is 0.391. The second kappa shape index (κ2) is 16.7. The van der Waals surface area contributed by atoms with Crippen LogP contribution in [0.4, 0.5) is 0 Å². The van der Waals surface area contributed by atoms with Gasteiger partial charge in [0.1, 0.15) is 34.5 Å². The molecule has 0 fully saturated rings. The van der Waals surface area contributed by atoms with Crippen molar-refractivity contribution in [3.05, 3.63) is 206 Å². The van der Waals surface area contributed by atoms with Gasteiger partial charge in [-0.25, -0.2) is 4.79 Å². The molecule has 0 saturated heterocycles. The Morgan fingerprint density at radius 3 is 1.43 bits per heavy atom. The third-order valence-corrected chi connectivity index (χ3v) is 9.59. The van der Waals surface area contributed by atoms with Crippen molar-refractivity contribution in [2.24, 2.45) is 0 Å². The number of ether oxygens (including phenoxy) is 4. The van der Waals surface area contributed by atoms with Gasteiger partial charge >= 0.3 is 5.97 Å². The van der Waals surface area contributed by atoms with E-state index in [1.54, 1.807) is 18.2 Å². The maximum Gasteiger partial charge on any atom is 0.371 e. The summed E-state index contributed by atoms with van der Waals surface area (Å²) in [4.78, 5) is 12.9. The lowest BCUT2D eigenvalue weighted by molar-refractivity contribution is -0.145. The zero-order valence-electron chi connectivity index (χ0n) is 28.8. The van der Waals surface area contributed by atoms with Gasteiger partial charge in [-0.3, -0.25) is 0 Å². The molecule has 0 saturated carbocycles. The van der Waals surface area contributed by atoms with Crippen LogP contribution < -0.4 is 18.9 Å². The van der Waals surface area contributed by atoms with Crippen LogP contribution in [-0.2, 0) is 9.73 Å². The molecule has 0 amide bonds. The minimum Gasteiger partial charge on any atom is -0.461 e. The number of carbonyl (C=O) groups is 1. The van der Waals surface area contributed by atoms with Crippen LogP contribution >= 0.6 is 11.8 Å². The molecule has 0 radical (unpaired) electrons. The summed E-state index contributed by atoms with van der Waals surface area (Å²) in [5, 5.41) is 0. The van der Waals surface area contributed by atoms with E-state index in [1.165, 1.54) is 11.8 Å². The molecule has 0 aromatic heterocycles. The zero-order valence-corrected chi connectivity index (χ0v) is 29.7. The normalized spacial score (nSPS) is 11.8. The van der Waals surface area contributed by atoms with Crippen LogP contribution in [-0.4, -0.2) is 11.7 Å². The molecule has 1 unspecified atom stereocenters. The Hall–Kier alpha value is -6.50. The number of rotatable bonds is 14. The second-order valence-corrected chi connectivity index (χ2v) is 13.2. The molecule has 0 N–H and O–H groups in total. The molecule has 0 spiro atoms. The average molecular weight is 713 g/mol. The standard InChI is InChI=1S/C47H36O5S/c1-2-32-53-47(52-43-20-10-5-11-21-43,39-28-24-35(25-29-39)37-14-12-22-44(33-37)49-40-16-6-3-7-17-40)46(48)51-42-30-26-36(27-31-42)38-15-13-23-45(34-38)50-41-18-8-4-9-19-41/h2-31,33-34H,1,32H2. The molecule has 0 aliphatic rings. The lowest BCUT2D eigenvalue weighted by Crippen LogP contribution is -2.42. The van der Waals surface area contributed by atoms with Crippen LogP contribution in [0.25, 0.3) is 22.3 Å². The molecule has 5 nitrogen and oxygen atoms in total. The highest BCUT2D eigenvalue weighted by molar-refractivity contribution is 8.00. The third kappa shape index (κ3) is 8.70. The molecular weight excluding hydrogens is 677 g/mol. The number of benzene rings is 7. The molecule has 53 heavy (non-hydrogen) atoms. The van der Waals surface area contributed by atoms with E-state index in [4.69, 9.17) is 18.9 Å². The molecular formula is C47H36O5S. The molecule has 0 bridgehead atoms.